The average Bonchev–Trinajstić information content (AvgIpc) is 2.74. The number of carbonyl (C=O) groups is 3. The van der Waals surface area contributed by atoms with Crippen molar-refractivity contribution in [1.82, 2.24) is 4.90 Å². The van der Waals surface area contributed by atoms with Crippen molar-refractivity contribution < 1.29 is 14.4 Å². The minimum atomic E-state index is -0.282. The Kier molecular flexibility index (Phi) is 7.06. The molecule has 1 heterocycles. The summed E-state index contributed by atoms with van der Waals surface area (Å²) in [7, 11) is 0. The van der Waals surface area contributed by atoms with Gasteiger partial charge in [-0.25, -0.2) is 4.79 Å². The van der Waals surface area contributed by atoms with Crippen molar-refractivity contribution in [2.24, 2.45) is 5.92 Å². The van der Waals surface area contributed by atoms with Crippen LogP contribution in [0.15, 0.2) is 48.5 Å². The lowest BCUT2D eigenvalue weighted by atomic mass is 9.97. The molecule has 1 saturated heterocycles. The molecule has 1 atom stereocenters. The highest BCUT2D eigenvalue weighted by molar-refractivity contribution is 5.96. The first-order valence-electron chi connectivity index (χ1n) is 10.3. The Morgan fingerprint density at radius 2 is 1.63 bits per heavy atom. The van der Waals surface area contributed by atoms with Crippen LogP contribution in [0.25, 0.3) is 0 Å². The Morgan fingerprint density at radius 3 is 2.33 bits per heavy atom. The number of hydrogen-bond donors (Lipinski definition) is 3. The van der Waals surface area contributed by atoms with E-state index in [2.05, 4.69) is 16.0 Å². The van der Waals surface area contributed by atoms with E-state index < -0.39 is 0 Å². The van der Waals surface area contributed by atoms with Crippen LogP contribution in [0, 0.1) is 12.8 Å². The summed E-state index contributed by atoms with van der Waals surface area (Å²) in [5, 5.41) is 8.60. The summed E-state index contributed by atoms with van der Waals surface area (Å²) in [5.74, 6) is -0.487. The number of aryl methyl sites for hydroxylation is 1. The van der Waals surface area contributed by atoms with Crippen molar-refractivity contribution in [1.29, 1.82) is 0 Å². The monoisotopic (exact) mass is 408 g/mol. The number of nitrogens with one attached hydrogen (secondary N) is 3. The van der Waals surface area contributed by atoms with Crippen molar-refractivity contribution in [3.05, 3.63) is 54.1 Å². The molecule has 158 valence electrons. The van der Waals surface area contributed by atoms with Crippen molar-refractivity contribution >= 4 is 34.9 Å². The normalized spacial score (nSPS) is 15.9. The number of rotatable bonds is 5. The smallest absolute Gasteiger partial charge is 0.321 e. The number of amides is 4. The third-order valence-electron chi connectivity index (χ3n) is 5.08. The number of anilines is 3. The number of piperidine rings is 1. The van der Waals surface area contributed by atoms with E-state index in [4.69, 9.17) is 0 Å². The molecule has 3 N–H and O–H groups in total. The Bertz CT molecular complexity index is 928. The fourth-order valence-electron chi connectivity index (χ4n) is 3.47. The SMILES string of the molecule is CCC(=O)Nc1cccc(NC(=O)C2CCCN(C(=O)Nc3cccc(C)c3)C2)c1. The zero-order valence-electron chi connectivity index (χ0n) is 17.4. The van der Waals surface area contributed by atoms with Gasteiger partial charge in [-0.1, -0.05) is 25.1 Å². The molecule has 0 spiro atoms. The lowest BCUT2D eigenvalue weighted by Crippen LogP contribution is -2.45. The summed E-state index contributed by atoms with van der Waals surface area (Å²) < 4.78 is 0. The Morgan fingerprint density at radius 1 is 0.967 bits per heavy atom. The summed E-state index contributed by atoms with van der Waals surface area (Å²) in [6.45, 7) is 4.75. The van der Waals surface area contributed by atoms with Crippen molar-refractivity contribution in [3.8, 4) is 0 Å². The average molecular weight is 409 g/mol. The van der Waals surface area contributed by atoms with E-state index in [-0.39, 0.29) is 23.8 Å². The van der Waals surface area contributed by atoms with Gasteiger partial charge < -0.3 is 20.9 Å². The summed E-state index contributed by atoms with van der Waals surface area (Å²) in [6.07, 6.45) is 1.89. The maximum absolute atomic E-state index is 12.8. The van der Waals surface area contributed by atoms with Gasteiger partial charge in [0, 0.05) is 36.6 Å². The molecule has 1 aliphatic heterocycles. The Balaban J connectivity index is 1.58. The first-order valence-corrected chi connectivity index (χ1v) is 10.3. The number of carbonyl (C=O) groups excluding carboxylic acids is 3. The number of benzene rings is 2. The second-order valence-corrected chi connectivity index (χ2v) is 7.56. The summed E-state index contributed by atoms with van der Waals surface area (Å²) in [4.78, 5) is 38.7. The quantitative estimate of drug-likeness (QED) is 0.692. The highest BCUT2D eigenvalue weighted by atomic mass is 16.2. The molecule has 1 unspecified atom stereocenters. The lowest BCUT2D eigenvalue weighted by molar-refractivity contribution is -0.121. The van der Waals surface area contributed by atoms with E-state index in [1.54, 1.807) is 36.1 Å². The van der Waals surface area contributed by atoms with Crippen LogP contribution >= 0.6 is 0 Å². The van der Waals surface area contributed by atoms with Crippen LogP contribution < -0.4 is 16.0 Å². The van der Waals surface area contributed by atoms with E-state index in [9.17, 15) is 14.4 Å². The van der Waals surface area contributed by atoms with Crippen LogP contribution in [-0.4, -0.2) is 35.8 Å². The third-order valence-corrected chi connectivity index (χ3v) is 5.08. The van der Waals surface area contributed by atoms with Gasteiger partial charge in [-0.05, 0) is 55.7 Å². The minimum absolute atomic E-state index is 0.0824. The van der Waals surface area contributed by atoms with Gasteiger partial charge in [0.05, 0.1) is 5.92 Å². The molecule has 30 heavy (non-hydrogen) atoms. The molecule has 4 amide bonds. The zero-order valence-corrected chi connectivity index (χ0v) is 17.4. The lowest BCUT2D eigenvalue weighted by Gasteiger charge is -2.32. The van der Waals surface area contributed by atoms with Crippen LogP contribution in [0.2, 0.25) is 0 Å². The second kappa shape index (κ2) is 9.91. The van der Waals surface area contributed by atoms with Crippen LogP contribution in [0.5, 0.6) is 0 Å². The van der Waals surface area contributed by atoms with Crippen LogP contribution in [0.4, 0.5) is 21.9 Å². The Labute approximate surface area is 176 Å². The molecule has 0 bridgehead atoms. The predicted molar refractivity (Wildman–Crippen MR) is 118 cm³/mol. The number of hydrogen-bond acceptors (Lipinski definition) is 3. The van der Waals surface area contributed by atoms with Gasteiger partial charge in [0.15, 0.2) is 0 Å². The molecular formula is C23H28N4O3. The fourth-order valence-corrected chi connectivity index (χ4v) is 3.47. The maximum atomic E-state index is 12.8. The number of urea groups is 1. The largest absolute Gasteiger partial charge is 0.326 e. The highest BCUT2D eigenvalue weighted by Gasteiger charge is 2.28. The molecule has 2 aromatic carbocycles. The summed E-state index contributed by atoms with van der Waals surface area (Å²) in [6, 6.07) is 14.5. The molecule has 0 radical (unpaired) electrons. The van der Waals surface area contributed by atoms with E-state index in [0.29, 0.717) is 30.9 Å². The van der Waals surface area contributed by atoms with Crippen LogP contribution in [0.3, 0.4) is 0 Å². The van der Waals surface area contributed by atoms with Crippen LogP contribution in [-0.2, 0) is 9.59 Å². The molecule has 7 heteroatoms. The first kappa shape index (κ1) is 21.4. The highest BCUT2D eigenvalue weighted by Crippen LogP contribution is 2.21. The van der Waals surface area contributed by atoms with Gasteiger partial charge in [0.25, 0.3) is 0 Å². The number of likely N-dealkylation sites (tertiary alicyclic amines) is 1. The standard InChI is InChI=1S/C23H28N4O3/c1-3-21(28)24-19-10-5-11-20(14-19)25-22(29)17-8-6-12-27(15-17)23(30)26-18-9-4-7-16(2)13-18/h4-5,7,9-11,13-14,17H,3,6,8,12,15H2,1-2H3,(H,24,28)(H,25,29)(H,26,30). The molecule has 2 aromatic rings. The van der Waals surface area contributed by atoms with Gasteiger partial charge in [0.2, 0.25) is 11.8 Å². The van der Waals surface area contributed by atoms with Gasteiger partial charge in [0.1, 0.15) is 0 Å². The van der Waals surface area contributed by atoms with Crippen molar-refractivity contribution in [2.75, 3.05) is 29.0 Å². The molecule has 0 saturated carbocycles. The first-order chi connectivity index (χ1) is 14.4. The van der Waals surface area contributed by atoms with E-state index in [0.717, 1.165) is 24.1 Å². The van der Waals surface area contributed by atoms with Crippen LogP contribution in [0.1, 0.15) is 31.7 Å². The van der Waals surface area contributed by atoms with Gasteiger partial charge in [-0.3, -0.25) is 9.59 Å². The van der Waals surface area contributed by atoms with Gasteiger partial charge in [-0.15, -0.1) is 0 Å². The Hall–Kier alpha value is -3.35. The molecular weight excluding hydrogens is 380 g/mol. The minimum Gasteiger partial charge on any atom is -0.326 e. The third kappa shape index (κ3) is 5.83. The summed E-state index contributed by atoms with van der Waals surface area (Å²) in [5.41, 5.74) is 3.08. The van der Waals surface area contributed by atoms with Crippen molar-refractivity contribution in [2.45, 2.75) is 33.1 Å². The molecule has 0 aliphatic carbocycles. The zero-order chi connectivity index (χ0) is 21.5. The summed E-state index contributed by atoms with van der Waals surface area (Å²) >= 11 is 0. The fraction of sp³-hybridized carbons (Fsp3) is 0.348. The predicted octanol–water partition coefficient (Wildman–Crippen LogP) is 4.23. The number of nitrogens with zero attached hydrogens (tertiary/aromatic N) is 1. The van der Waals surface area contributed by atoms with Crippen molar-refractivity contribution in [3.63, 3.8) is 0 Å². The topological polar surface area (TPSA) is 90.5 Å². The molecule has 7 nitrogen and oxygen atoms in total. The van der Waals surface area contributed by atoms with E-state index in [1.807, 2.05) is 31.2 Å². The van der Waals surface area contributed by atoms with Gasteiger partial charge in [-0.2, -0.15) is 0 Å². The van der Waals surface area contributed by atoms with Gasteiger partial charge >= 0.3 is 6.03 Å². The van der Waals surface area contributed by atoms with E-state index >= 15 is 0 Å². The molecule has 1 aliphatic rings. The molecule has 0 aromatic heterocycles. The maximum Gasteiger partial charge on any atom is 0.321 e. The molecule has 1 fully saturated rings. The molecule has 3 rings (SSSR count). The van der Waals surface area contributed by atoms with E-state index in [1.165, 1.54) is 0 Å². The second-order valence-electron chi connectivity index (χ2n) is 7.56.